The molecule has 63 heavy (non-hydrogen) atoms. The van der Waals surface area contributed by atoms with Crippen LogP contribution in [-0.2, 0) is 5.41 Å². The highest BCUT2D eigenvalue weighted by molar-refractivity contribution is 6.12. The van der Waals surface area contributed by atoms with Crippen LogP contribution in [0.4, 0.5) is 0 Å². The third-order valence-electron chi connectivity index (χ3n) is 13.3. The molecule has 0 saturated heterocycles. The highest BCUT2D eigenvalue weighted by Crippen LogP contribution is 2.52. The van der Waals surface area contributed by atoms with Gasteiger partial charge in [-0.25, -0.2) is 9.97 Å². The Bertz CT molecular complexity index is 3580. The number of fused-ring (bicyclic) bond motifs is 7. The van der Waals surface area contributed by atoms with Crippen molar-refractivity contribution in [2.75, 3.05) is 0 Å². The molecule has 0 aliphatic heterocycles. The van der Waals surface area contributed by atoms with E-state index in [4.69, 9.17) is 9.97 Å². The molecule has 0 spiro atoms. The van der Waals surface area contributed by atoms with E-state index in [2.05, 4.69) is 226 Å². The summed E-state index contributed by atoms with van der Waals surface area (Å²) >= 11 is 0. The molecule has 0 radical (unpaired) electrons. The van der Waals surface area contributed by atoms with Gasteiger partial charge in [0.05, 0.1) is 11.4 Å². The van der Waals surface area contributed by atoms with Crippen molar-refractivity contribution in [3.63, 3.8) is 0 Å². The van der Waals surface area contributed by atoms with E-state index in [0.29, 0.717) is 5.82 Å². The molecule has 1 aliphatic rings. The fourth-order valence-corrected chi connectivity index (χ4v) is 10.3. The van der Waals surface area contributed by atoms with E-state index in [0.717, 1.165) is 44.4 Å². The lowest BCUT2D eigenvalue weighted by Gasteiger charge is -2.23. The average molecular weight is 803 g/mol. The Hall–Kier alpha value is -7.94. The van der Waals surface area contributed by atoms with Crippen LogP contribution >= 0.6 is 0 Å². The van der Waals surface area contributed by atoms with Gasteiger partial charge in [0.15, 0.2) is 5.82 Å². The van der Waals surface area contributed by atoms with Gasteiger partial charge in [-0.1, -0.05) is 208 Å². The molecule has 0 bridgehead atoms. The second-order valence-electron chi connectivity index (χ2n) is 17.3. The lowest BCUT2D eigenvalue weighted by Crippen LogP contribution is -2.15. The average Bonchev–Trinajstić information content (AvgIpc) is 3.59. The van der Waals surface area contributed by atoms with Gasteiger partial charge < -0.3 is 0 Å². The molecule has 1 heterocycles. The van der Waals surface area contributed by atoms with Gasteiger partial charge in [-0.15, -0.1) is 0 Å². The van der Waals surface area contributed by atoms with E-state index in [1.807, 2.05) is 6.07 Å². The Morgan fingerprint density at radius 3 is 1.51 bits per heavy atom. The molecule has 12 rings (SSSR count). The lowest BCUT2D eigenvalue weighted by molar-refractivity contribution is 0.666. The zero-order valence-corrected chi connectivity index (χ0v) is 35.2. The highest BCUT2D eigenvalue weighted by Gasteiger charge is 2.37. The Balaban J connectivity index is 0.988. The molecular formula is C61H42N2. The van der Waals surface area contributed by atoms with E-state index in [-0.39, 0.29) is 5.41 Å². The number of aromatic nitrogens is 2. The minimum absolute atomic E-state index is 0.0911. The van der Waals surface area contributed by atoms with Crippen molar-refractivity contribution in [1.82, 2.24) is 9.97 Å². The standard InChI is InChI=1S/C61H42N2/c1-61(2)56-35-29-43(37-55(56)53-30-28-40-18-9-10-23-46(40)59(53)61)45-31-32-51(48-25-12-11-24-47(45)48)52-33-34-54(50-27-14-13-26-49(50)52)60-62-57(41-19-7-4-8-20-41)38-58(63-60)44-22-15-21-42(36-44)39-16-5-3-6-17-39/h3-38H,1-2H3. The molecule has 0 saturated carbocycles. The fraction of sp³-hybridized carbons (Fsp3) is 0.0492. The lowest BCUT2D eigenvalue weighted by atomic mass is 9.80. The summed E-state index contributed by atoms with van der Waals surface area (Å²) in [5.41, 5.74) is 17.5. The normalized spacial score (nSPS) is 12.7. The van der Waals surface area contributed by atoms with E-state index in [9.17, 15) is 0 Å². The van der Waals surface area contributed by atoms with Crippen molar-refractivity contribution < 1.29 is 0 Å². The van der Waals surface area contributed by atoms with Crippen LogP contribution in [0.25, 0.3) is 111 Å². The Labute approximate surface area is 367 Å². The zero-order chi connectivity index (χ0) is 42.1. The Kier molecular flexibility index (Phi) is 8.55. The molecule has 11 aromatic rings. The molecule has 10 aromatic carbocycles. The van der Waals surface area contributed by atoms with E-state index in [1.54, 1.807) is 0 Å². The summed E-state index contributed by atoms with van der Waals surface area (Å²) in [6.07, 6.45) is 0. The largest absolute Gasteiger partial charge is 0.228 e. The van der Waals surface area contributed by atoms with Crippen LogP contribution in [0.1, 0.15) is 25.0 Å². The molecule has 0 unspecified atom stereocenters. The van der Waals surface area contributed by atoms with Crippen molar-refractivity contribution >= 4 is 32.3 Å². The number of nitrogens with zero attached hydrogens (tertiary/aromatic N) is 2. The van der Waals surface area contributed by atoms with Gasteiger partial charge in [0, 0.05) is 22.1 Å². The first-order chi connectivity index (χ1) is 31.0. The van der Waals surface area contributed by atoms with Gasteiger partial charge in [-0.3, -0.25) is 0 Å². The van der Waals surface area contributed by atoms with Gasteiger partial charge in [0.2, 0.25) is 0 Å². The van der Waals surface area contributed by atoms with Crippen LogP contribution in [0.5, 0.6) is 0 Å². The maximum atomic E-state index is 5.33. The first-order valence-electron chi connectivity index (χ1n) is 21.8. The zero-order valence-electron chi connectivity index (χ0n) is 35.2. The summed E-state index contributed by atoms with van der Waals surface area (Å²) in [5.74, 6) is 0.703. The molecule has 0 amide bonds. The highest BCUT2D eigenvalue weighted by atomic mass is 14.9. The maximum Gasteiger partial charge on any atom is 0.161 e. The van der Waals surface area contributed by atoms with Gasteiger partial charge in [0.25, 0.3) is 0 Å². The van der Waals surface area contributed by atoms with E-state index < -0.39 is 0 Å². The maximum absolute atomic E-state index is 5.33. The third-order valence-corrected chi connectivity index (χ3v) is 13.3. The summed E-state index contributed by atoms with van der Waals surface area (Å²) in [6, 6.07) is 79.0. The van der Waals surface area contributed by atoms with Crippen molar-refractivity contribution in [3.05, 3.63) is 230 Å². The SMILES string of the molecule is CC1(C)c2ccc(-c3ccc(-c4ccc(-c5nc(-c6ccccc6)cc(-c6cccc(-c7ccccc7)c6)n5)c5ccccc45)c4ccccc34)cc2-c2ccc3ccccc3c21. The predicted octanol–water partition coefficient (Wildman–Crippen LogP) is 16.2. The van der Waals surface area contributed by atoms with Crippen LogP contribution in [0.15, 0.2) is 218 Å². The van der Waals surface area contributed by atoms with Crippen LogP contribution in [0.3, 0.4) is 0 Å². The van der Waals surface area contributed by atoms with Gasteiger partial charge in [0.1, 0.15) is 0 Å². The predicted molar refractivity (Wildman–Crippen MR) is 265 cm³/mol. The molecule has 1 aromatic heterocycles. The molecule has 2 nitrogen and oxygen atoms in total. The fourth-order valence-electron chi connectivity index (χ4n) is 10.3. The number of rotatable bonds is 6. The summed E-state index contributed by atoms with van der Waals surface area (Å²) in [7, 11) is 0. The number of hydrogen-bond donors (Lipinski definition) is 0. The van der Waals surface area contributed by atoms with Crippen LogP contribution in [0.2, 0.25) is 0 Å². The molecule has 0 N–H and O–H groups in total. The quantitative estimate of drug-likeness (QED) is 0.167. The summed E-state index contributed by atoms with van der Waals surface area (Å²) in [6.45, 7) is 4.75. The summed E-state index contributed by atoms with van der Waals surface area (Å²) in [4.78, 5) is 10.6. The van der Waals surface area contributed by atoms with Crippen molar-refractivity contribution in [2.45, 2.75) is 19.3 Å². The number of hydrogen-bond acceptors (Lipinski definition) is 2. The van der Waals surface area contributed by atoms with Gasteiger partial charge >= 0.3 is 0 Å². The molecule has 0 fully saturated rings. The summed E-state index contributed by atoms with van der Waals surface area (Å²) in [5, 5.41) is 7.38. The molecule has 1 aliphatic carbocycles. The van der Waals surface area contributed by atoms with Crippen LogP contribution in [-0.4, -0.2) is 9.97 Å². The third kappa shape index (κ3) is 6.09. The van der Waals surface area contributed by atoms with E-state index in [1.165, 1.54) is 71.6 Å². The van der Waals surface area contributed by atoms with Gasteiger partial charge in [-0.2, -0.15) is 0 Å². The first kappa shape index (κ1) is 36.9. The van der Waals surface area contributed by atoms with Crippen LogP contribution in [0, 0.1) is 0 Å². The molecule has 2 heteroatoms. The van der Waals surface area contributed by atoms with Gasteiger partial charge in [-0.05, 0) is 112 Å². The minimum atomic E-state index is -0.0911. The summed E-state index contributed by atoms with van der Waals surface area (Å²) < 4.78 is 0. The second-order valence-corrected chi connectivity index (χ2v) is 17.3. The van der Waals surface area contributed by atoms with Crippen molar-refractivity contribution in [3.8, 4) is 78.4 Å². The van der Waals surface area contributed by atoms with Crippen molar-refractivity contribution in [2.24, 2.45) is 0 Å². The smallest absolute Gasteiger partial charge is 0.161 e. The van der Waals surface area contributed by atoms with E-state index >= 15 is 0 Å². The van der Waals surface area contributed by atoms with Crippen molar-refractivity contribution in [1.29, 1.82) is 0 Å². The monoisotopic (exact) mass is 802 g/mol. The molecule has 296 valence electrons. The van der Waals surface area contributed by atoms with Crippen LogP contribution < -0.4 is 0 Å². The number of benzene rings is 10. The first-order valence-corrected chi connectivity index (χ1v) is 21.8. The second kappa shape index (κ2) is 14.6. The molecular weight excluding hydrogens is 761 g/mol. The topological polar surface area (TPSA) is 25.8 Å². The minimum Gasteiger partial charge on any atom is -0.228 e. The Morgan fingerprint density at radius 2 is 0.810 bits per heavy atom. The Morgan fingerprint density at radius 1 is 0.302 bits per heavy atom. The molecule has 0 atom stereocenters.